The lowest BCUT2D eigenvalue weighted by molar-refractivity contribution is -0.116. The fourth-order valence-corrected chi connectivity index (χ4v) is 3.18. The number of nitrogens with zero attached hydrogens (tertiary/aromatic N) is 3. The first-order valence-corrected chi connectivity index (χ1v) is 8.95. The molecule has 0 atom stereocenters. The van der Waals surface area contributed by atoms with Crippen LogP contribution in [0.1, 0.15) is 6.42 Å². The lowest BCUT2D eigenvalue weighted by atomic mass is 10.1. The number of oxazole rings is 1. The molecule has 3 aromatic carbocycles. The van der Waals surface area contributed by atoms with Gasteiger partial charge in [0.2, 0.25) is 0 Å². The maximum absolute atomic E-state index is 12.3. The summed E-state index contributed by atoms with van der Waals surface area (Å²) >= 11 is 0. The molecule has 6 heteroatoms. The molecule has 5 rings (SSSR count). The molecule has 0 saturated heterocycles. The molecule has 1 amide bonds. The number of para-hydroxylation sites is 1. The lowest BCUT2D eigenvalue weighted by Gasteiger charge is -2.10. The highest BCUT2D eigenvalue weighted by Crippen LogP contribution is 2.27. The van der Waals surface area contributed by atoms with Crippen molar-refractivity contribution in [3.05, 3.63) is 78.9 Å². The van der Waals surface area contributed by atoms with Gasteiger partial charge in [0.25, 0.3) is 5.91 Å². The molecule has 0 saturated carbocycles. The summed E-state index contributed by atoms with van der Waals surface area (Å²) in [6.07, 6.45) is 0.170. The second-order valence-corrected chi connectivity index (χ2v) is 6.46. The molecule has 136 valence electrons. The molecule has 0 bridgehead atoms. The Balaban J connectivity index is 1.40. The van der Waals surface area contributed by atoms with E-state index in [1.165, 1.54) is 5.01 Å². The van der Waals surface area contributed by atoms with Gasteiger partial charge in [-0.2, -0.15) is 15.1 Å². The number of benzene rings is 3. The minimum atomic E-state index is -0.101. The first-order valence-electron chi connectivity index (χ1n) is 8.95. The van der Waals surface area contributed by atoms with Crippen LogP contribution in [0.2, 0.25) is 0 Å². The van der Waals surface area contributed by atoms with Gasteiger partial charge in [-0.05, 0) is 35.4 Å². The Kier molecular flexibility index (Phi) is 3.87. The number of hydrazone groups is 1. The molecule has 1 N–H and O–H groups in total. The molecule has 1 aliphatic heterocycles. The third kappa shape index (κ3) is 3.01. The third-order valence-electron chi connectivity index (χ3n) is 4.52. The lowest BCUT2D eigenvalue weighted by Crippen LogP contribution is -2.19. The van der Waals surface area contributed by atoms with Gasteiger partial charge in [-0.15, -0.1) is 0 Å². The van der Waals surface area contributed by atoms with E-state index in [-0.39, 0.29) is 12.3 Å². The van der Waals surface area contributed by atoms with Crippen molar-refractivity contribution < 1.29 is 9.21 Å². The van der Waals surface area contributed by atoms with Gasteiger partial charge in [-0.25, -0.2) is 0 Å². The molecule has 0 unspecified atom stereocenters. The molecular formula is C22H16N4O2. The van der Waals surface area contributed by atoms with Crippen molar-refractivity contribution in [3.8, 4) is 11.1 Å². The first kappa shape index (κ1) is 16.3. The Morgan fingerprint density at radius 1 is 0.893 bits per heavy atom. The number of aromatic nitrogens is 1. The van der Waals surface area contributed by atoms with Crippen LogP contribution < -0.4 is 10.3 Å². The van der Waals surface area contributed by atoms with E-state index in [1.807, 2.05) is 66.7 Å². The summed E-state index contributed by atoms with van der Waals surface area (Å²) in [5.41, 5.74) is 4.33. The molecule has 1 aromatic heterocycles. The van der Waals surface area contributed by atoms with Crippen LogP contribution in [0.25, 0.3) is 22.2 Å². The van der Waals surface area contributed by atoms with E-state index in [0.717, 1.165) is 22.3 Å². The normalized spacial score (nSPS) is 13.8. The van der Waals surface area contributed by atoms with Gasteiger partial charge in [0.1, 0.15) is 11.4 Å². The van der Waals surface area contributed by atoms with Crippen LogP contribution in [0.15, 0.2) is 88.4 Å². The van der Waals surface area contributed by atoms with E-state index in [2.05, 4.69) is 27.5 Å². The highest BCUT2D eigenvalue weighted by molar-refractivity contribution is 6.16. The van der Waals surface area contributed by atoms with Crippen molar-refractivity contribution in [3.63, 3.8) is 0 Å². The van der Waals surface area contributed by atoms with Crippen LogP contribution in [0.3, 0.4) is 0 Å². The summed E-state index contributed by atoms with van der Waals surface area (Å²) < 4.78 is 5.76. The summed E-state index contributed by atoms with van der Waals surface area (Å²) in [6.45, 7) is 0. The van der Waals surface area contributed by atoms with E-state index in [9.17, 15) is 4.79 Å². The third-order valence-corrected chi connectivity index (χ3v) is 4.52. The number of carbonyl (C=O) groups is 1. The zero-order chi connectivity index (χ0) is 18.9. The van der Waals surface area contributed by atoms with Crippen molar-refractivity contribution in [2.45, 2.75) is 6.42 Å². The molecular weight excluding hydrogens is 352 g/mol. The molecule has 4 aromatic rings. The van der Waals surface area contributed by atoms with E-state index < -0.39 is 0 Å². The highest BCUT2D eigenvalue weighted by Gasteiger charge is 2.26. The summed E-state index contributed by atoms with van der Waals surface area (Å²) in [5, 5.41) is 8.78. The second-order valence-electron chi connectivity index (χ2n) is 6.46. The Morgan fingerprint density at radius 3 is 2.43 bits per heavy atom. The number of anilines is 2. The van der Waals surface area contributed by atoms with Crippen LogP contribution in [-0.2, 0) is 4.79 Å². The first-order chi connectivity index (χ1) is 13.8. The standard InChI is InChI=1S/C22H16N4O2/c27-21-14-20(25-26(21)17-9-5-2-6-10-17)24-22-23-18-13-16(11-12-19(18)28-22)15-7-3-1-4-8-15/h1-13H,14H2,(H,23,24,25). The maximum Gasteiger partial charge on any atom is 0.301 e. The Morgan fingerprint density at radius 2 is 1.64 bits per heavy atom. The zero-order valence-electron chi connectivity index (χ0n) is 14.9. The summed E-state index contributed by atoms with van der Waals surface area (Å²) in [6, 6.07) is 25.6. The largest absolute Gasteiger partial charge is 0.423 e. The molecule has 0 spiro atoms. The fourth-order valence-electron chi connectivity index (χ4n) is 3.18. The monoisotopic (exact) mass is 368 g/mol. The van der Waals surface area contributed by atoms with Gasteiger partial charge in [0, 0.05) is 0 Å². The van der Waals surface area contributed by atoms with Crippen LogP contribution >= 0.6 is 0 Å². The smallest absolute Gasteiger partial charge is 0.301 e. The summed E-state index contributed by atoms with van der Waals surface area (Å²) in [5.74, 6) is 0.403. The SMILES string of the molecule is O=C1CC(Nc2nc3cc(-c4ccccc4)ccc3o2)=NN1c1ccccc1. The van der Waals surface area contributed by atoms with E-state index in [0.29, 0.717) is 17.4 Å². The van der Waals surface area contributed by atoms with Gasteiger partial charge in [0.15, 0.2) is 5.58 Å². The molecule has 0 aliphatic carbocycles. The van der Waals surface area contributed by atoms with Gasteiger partial charge in [-0.3, -0.25) is 10.1 Å². The van der Waals surface area contributed by atoms with Gasteiger partial charge in [0.05, 0.1) is 12.1 Å². The van der Waals surface area contributed by atoms with Crippen molar-refractivity contribution in [1.29, 1.82) is 0 Å². The second kappa shape index (κ2) is 6.66. The quantitative estimate of drug-likeness (QED) is 0.571. The predicted octanol–water partition coefficient (Wildman–Crippen LogP) is 4.66. The molecule has 1 aliphatic rings. The minimum Gasteiger partial charge on any atom is -0.423 e. The molecule has 28 heavy (non-hydrogen) atoms. The Bertz CT molecular complexity index is 1180. The summed E-state index contributed by atoms with van der Waals surface area (Å²) in [4.78, 5) is 16.8. The van der Waals surface area contributed by atoms with E-state index in [4.69, 9.17) is 4.42 Å². The predicted molar refractivity (Wildman–Crippen MR) is 109 cm³/mol. The van der Waals surface area contributed by atoms with Crippen molar-refractivity contribution in [2.75, 3.05) is 10.3 Å². The minimum absolute atomic E-state index is 0.101. The fraction of sp³-hybridized carbons (Fsp3) is 0.0455. The molecule has 0 radical (unpaired) electrons. The van der Waals surface area contributed by atoms with E-state index in [1.54, 1.807) is 0 Å². The number of nitrogens with one attached hydrogen (secondary N) is 1. The average Bonchev–Trinajstić information content (AvgIpc) is 3.31. The number of amides is 1. The van der Waals surface area contributed by atoms with Crippen molar-refractivity contribution in [2.24, 2.45) is 5.10 Å². The topological polar surface area (TPSA) is 70.7 Å². The van der Waals surface area contributed by atoms with Gasteiger partial charge < -0.3 is 4.42 Å². The molecule has 0 fully saturated rings. The number of carbonyl (C=O) groups excluding carboxylic acids is 1. The number of hydrogen-bond donors (Lipinski definition) is 1. The van der Waals surface area contributed by atoms with Crippen LogP contribution in [0, 0.1) is 0 Å². The number of rotatable bonds is 3. The number of amidine groups is 1. The van der Waals surface area contributed by atoms with Gasteiger partial charge in [-0.1, -0.05) is 54.6 Å². The Labute approximate surface area is 161 Å². The van der Waals surface area contributed by atoms with E-state index >= 15 is 0 Å². The summed E-state index contributed by atoms with van der Waals surface area (Å²) in [7, 11) is 0. The maximum atomic E-state index is 12.3. The van der Waals surface area contributed by atoms with Gasteiger partial charge >= 0.3 is 6.01 Å². The zero-order valence-corrected chi connectivity index (χ0v) is 14.9. The van der Waals surface area contributed by atoms with Crippen molar-refractivity contribution in [1.82, 2.24) is 4.98 Å². The average molecular weight is 368 g/mol. The van der Waals surface area contributed by atoms with Crippen LogP contribution in [-0.4, -0.2) is 16.7 Å². The van der Waals surface area contributed by atoms with Crippen LogP contribution in [0.4, 0.5) is 11.7 Å². The molecule has 6 nitrogen and oxygen atoms in total. The molecule has 2 heterocycles. The number of fused-ring (bicyclic) bond motifs is 1. The van der Waals surface area contributed by atoms with Crippen LogP contribution in [0.5, 0.6) is 0 Å². The Hall–Kier alpha value is -3.93. The number of hydrogen-bond acceptors (Lipinski definition) is 5. The van der Waals surface area contributed by atoms with Crippen molar-refractivity contribution >= 4 is 34.5 Å². The highest BCUT2D eigenvalue weighted by atomic mass is 16.4.